The smallest absolute Gasteiger partial charge is 0.321 e. The average molecular weight is 539 g/mol. The summed E-state index contributed by atoms with van der Waals surface area (Å²) in [7, 11) is -3.78. The number of carbonyl (C=O) groups is 1. The molecule has 5 rings (SSSR count). The third-order valence-electron chi connectivity index (χ3n) is 6.47. The topological polar surface area (TPSA) is 146 Å². The molecule has 38 heavy (non-hydrogen) atoms. The van der Waals surface area contributed by atoms with Crippen LogP contribution in [0, 0.1) is 0 Å². The zero-order chi connectivity index (χ0) is 26.5. The SMILES string of the molecule is NS(=O)(=O)c1ccc(NC(=O)N2CCN(c3ccnc(Nc4ccc(N5CCOCC5)cc4)n3)CC2)cc1. The van der Waals surface area contributed by atoms with Crippen LogP contribution in [-0.2, 0) is 14.8 Å². The second-order valence-electron chi connectivity index (χ2n) is 8.98. The summed E-state index contributed by atoms with van der Waals surface area (Å²) in [5, 5.41) is 11.2. The van der Waals surface area contributed by atoms with Crippen molar-refractivity contribution < 1.29 is 17.9 Å². The van der Waals surface area contributed by atoms with Crippen molar-refractivity contribution in [3.8, 4) is 0 Å². The van der Waals surface area contributed by atoms with Gasteiger partial charge in [-0.05, 0) is 54.6 Å². The lowest BCUT2D eigenvalue weighted by Gasteiger charge is -2.35. The van der Waals surface area contributed by atoms with Crippen molar-refractivity contribution in [2.24, 2.45) is 5.14 Å². The van der Waals surface area contributed by atoms with Gasteiger partial charge in [0.15, 0.2) is 0 Å². The molecular weight excluding hydrogens is 508 g/mol. The lowest BCUT2D eigenvalue weighted by atomic mass is 10.2. The lowest BCUT2D eigenvalue weighted by Crippen LogP contribution is -2.50. The Bertz CT molecular complexity index is 1350. The number of sulfonamides is 1. The Morgan fingerprint density at radius 2 is 1.50 bits per heavy atom. The van der Waals surface area contributed by atoms with Crippen LogP contribution in [0.2, 0.25) is 0 Å². The van der Waals surface area contributed by atoms with E-state index in [4.69, 9.17) is 9.88 Å². The minimum Gasteiger partial charge on any atom is -0.378 e. The Balaban J connectivity index is 1.14. The zero-order valence-corrected chi connectivity index (χ0v) is 21.6. The van der Waals surface area contributed by atoms with Crippen LogP contribution in [0.1, 0.15) is 0 Å². The number of piperazine rings is 1. The van der Waals surface area contributed by atoms with Gasteiger partial charge in [-0.25, -0.2) is 23.3 Å². The molecule has 2 amide bonds. The first-order chi connectivity index (χ1) is 18.3. The predicted molar refractivity (Wildman–Crippen MR) is 145 cm³/mol. The molecule has 3 aromatic rings. The Morgan fingerprint density at radius 1 is 0.842 bits per heavy atom. The molecule has 0 atom stereocenters. The van der Waals surface area contributed by atoms with Gasteiger partial charge in [-0.2, -0.15) is 4.98 Å². The molecule has 0 bridgehead atoms. The summed E-state index contributed by atoms with van der Waals surface area (Å²) in [6.45, 7) is 5.52. The van der Waals surface area contributed by atoms with Crippen LogP contribution in [0.25, 0.3) is 0 Å². The summed E-state index contributed by atoms with van der Waals surface area (Å²) in [5.74, 6) is 1.29. The molecule has 2 fully saturated rings. The summed E-state index contributed by atoms with van der Waals surface area (Å²) >= 11 is 0. The van der Waals surface area contributed by atoms with Gasteiger partial charge in [0, 0.05) is 62.5 Å². The van der Waals surface area contributed by atoms with Gasteiger partial charge in [0.05, 0.1) is 18.1 Å². The molecule has 0 unspecified atom stereocenters. The standard InChI is InChI=1S/C25H30N8O4S/c26-38(35,36)22-7-3-20(4-8-22)29-25(34)33-13-11-32(12-14-33)23-9-10-27-24(30-23)28-19-1-5-21(6-2-19)31-15-17-37-18-16-31/h1-10H,11-18H2,(H,29,34)(H2,26,35,36)(H,27,28,30). The molecule has 0 saturated carbocycles. The van der Waals surface area contributed by atoms with E-state index in [-0.39, 0.29) is 10.9 Å². The third-order valence-corrected chi connectivity index (χ3v) is 7.39. The van der Waals surface area contributed by atoms with Gasteiger partial charge < -0.3 is 30.1 Å². The molecule has 0 aliphatic carbocycles. The number of nitrogens with one attached hydrogen (secondary N) is 2. The van der Waals surface area contributed by atoms with Gasteiger partial charge in [0.2, 0.25) is 16.0 Å². The van der Waals surface area contributed by atoms with E-state index in [9.17, 15) is 13.2 Å². The maximum Gasteiger partial charge on any atom is 0.321 e. The maximum atomic E-state index is 12.7. The van der Waals surface area contributed by atoms with Crippen molar-refractivity contribution in [2.45, 2.75) is 4.90 Å². The van der Waals surface area contributed by atoms with Gasteiger partial charge >= 0.3 is 6.03 Å². The normalized spacial score (nSPS) is 16.3. The predicted octanol–water partition coefficient (Wildman–Crippen LogP) is 2.06. The first-order valence-corrected chi connectivity index (χ1v) is 13.9. The van der Waals surface area contributed by atoms with Gasteiger partial charge in [0.1, 0.15) is 5.82 Å². The molecule has 1 aromatic heterocycles. The van der Waals surface area contributed by atoms with Crippen LogP contribution in [-0.4, -0.2) is 81.8 Å². The van der Waals surface area contributed by atoms with Crippen molar-refractivity contribution in [3.05, 3.63) is 60.8 Å². The largest absolute Gasteiger partial charge is 0.378 e. The summed E-state index contributed by atoms with van der Waals surface area (Å²) in [6.07, 6.45) is 1.72. The Labute approximate surface area is 221 Å². The highest BCUT2D eigenvalue weighted by Gasteiger charge is 2.22. The van der Waals surface area contributed by atoms with E-state index in [1.165, 1.54) is 24.3 Å². The highest BCUT2D eigenvalue weighted by Crippen LogP contribution is 2.22. The fraction of sp³-hybridized carbons (Fsp3) is 0.320. The number of ether oxygens (including phenoxy) is 1. The zero-order valence-electron chi connectivity index (χ0n) is 20.8. The average Bonchev–Trinajstić information content (AvgIpc) is 2.94. The van der Waals surface area contributed by atoms with E-state index in [0.29, 0.717) is 37.8 Å². The molecule has 13 heteroatoms. The first kappa shape index (κ1) is 25.7. The molecule has 3 heterocycles. The highest BCUT2D eigenvalue weighted by atomic mass is 32.2. The van der Waals surface area contributed by atoms with Crippen molar-refractivity contribution in [1.82, 2.24) is 14.9 Å². The Morgan fingerprint density at radius 3 is 2.16 bits per heavy atom. The number of aromatic nitrogens is 2. The second kappa shape index (κ2) is 11.2. The number of anilines is 5. The van der Waals surface area contributed by atoms with E-state index >= 15 is 0 Å². The van der Waals surface area contributed by atoms with Crippen molar-refractivity contribution in [2.75, 3.05) is 72.9 Å². The molecule has 2 aliphatic rings. The van der Waals surface area contributed by atoms with Crippen LogP contribution in [0.5, 0.6) is 0 Å². The summed E-state index contributed by atoms with van der Waals surface area (Å²) in [5.41, 5.74) is 2.56. The van der Waals surface area contributed by atoms with E-state index in [0.717, 1.165) is 43.5 Å². The second-order valence-corrected chi connectivity index (χ2v) is 10.5. The Kier molecular flexibility index (Phi) is 7.58. The fourth-order valence-corrected chi connectivity index (χ4v) is 4.88. The van der Waals surface area contributed by atoms with Gasteiger partial charge in [-0.3, -0.25) is 0 Å². The number of urea groups is 1. The van der Waals surface area contributed by atoms with Crippen LogP contribution in [0.4, 0.5) is 33.6 Å². The van der Waals surface area contributed by atoms with Crippen molar-refractivity contribution in [3.63, 3.8) is 0 Å². The van der Waals surface area contributed by atoms with Crippen molar-refractivity contribution >= 4 is 44.9 Å². The Hall–Kier alpha value is -3.94. The van der Waals surface area contributed by atoms with E-state index < -0.39 is 10.0 Å². The molecule has 4 N–H and O–H groups in total. The molecule has 2 saturated heterocycles. The van der Waals surface area contributed by atoms with Gasteiger partial charge in [-0.15, -0.1) is 0 Å². The molecule has 200 valence electrons. The molecule has 2 aromatic carbocycles. The number of amides is 2. The van der Waals surface area contributed by atoms with Crippen LogP contribution >= 0.6 is 0 Å². The minimum absolute atomic E-state index is 0.00664. The number of morpholine rings is 1. The molecule has 2 aliphatic heterocycles. The number of benzene rings is 2. The first-order valence-electron chi connectivity index (χ1n) is 12.3. The number of hydrogen-bond donors (Lipinski definition) is 3. The molecule has 0 radical (unpaired) electrons. The summed E-state index contributed by atoms with van der Waals surface area (Å²) in [6, 6.07) is 15.5. The fourth-order valence-electron chi connectivity index (χ4n) is 4.36. The molecule has 0 spiro atoms. The van der Waals surface area contributed by atoms with Crippen LogP contribution in [0.3, 0.4) is 0 Å². The van der Waals surface area contributed by atoms with Crippen molar-refractivity contribution in [1.29, 1.82) is 0 Å². The van der Waals surface area contributed by atoms with E-state index in [2.05, 4.69) is 42.5 Å². The monoisotopic (exact) mass is 538 g/mol. The number of rotatable bonds is 6. The van der Waals surface area contributed by atoms with Gasteiger partial charge in [0.25, 0.3) is 0 Å². The number of nitrogens with zero attached hydrogens (tertiary/aromatic N) is 5. The van der Waals surface area contributed by atoms with E-state index in [1.54, 1.807) is 11.1 Å². The minimum atomic E-state index is -3.78. The number of carbonyl (C=O) groups excluding carboxylic acids is 1. The third kappa shape index (κ3) is 6.30. The molecular formula is C25H30N8O4S. The number of nitrogens with two attached hydrogens (primary N) is 1. The van der Waals surface area contributed by atoms with Crippen LogP contribution < -0.4 is 25.6 Å². The lowest BCUT2D eigenvalue weighted by molar-refractivity contribution is 0.122. The summed E-state index contributed by atoms with van der Waals surface area (Å²) < 4.78 is 28.2. The maximum absolute atomic E-state index is 12.7. The van der Waals surface area contributed by atoms with Gasteiger partial charge in [-0.1, -0.05) is 0 Å². The highest BCUT2D eigenvalue weighted by molar-refractivity contribution is 7.89. The molecule has 12 nitrogen and oxygen atoms in total. The quantitative estimate of drug-likeness (QED) is 0.429. The number of hydrogen-bond acceptors (Lipinski definition) is 9. The number of primary sulfonamides is 1. The summed E-state index contributed by atoms with van der Waals surface area (Å²) in [4.78, 5) is 27.8. The van der Waals surface area contributed by atoms with E-state index in [1.807, 2.05) is 18.2 Å². The van der Waals surface area contributed by atoms with Crippen LogP contribution in [0.15, 0.2) is 65.7 Å².